The first-order valence-corrected chi connectivity index (χ1v) is 8.89. The molecule has 3 aromatic rings. The highest BCUT2D eigenvalue weighted by molar-refractivity contribution is 5.97. The van der Waals surface area contributed by atoms with Crippen LogP contribution in [0.5, 0.6) is 0 Å². The molecule has 1 fully saturated rings. The van der Waals surface area contributed by atoms with Gasteiger partial charge in [-0.05, 0) is 49.2 Å². The Hall–Kier alpha value is -2.89. The molecule has 0 atom stereocenters. The van der Waals surface area contributed by atoms with Crippen molar-refractivity contribution in [2.45, 2.75) is 31.7 Å². The zero-order chi connectivity index (χ0) is 18.1. The number of aromatic nitrogens is 3. The number of amides is 1. The largest absolute Gasteiger partial charge is 0.339 e. The van der Waals surface area contributed by atoms with Crippen LogP contribution >= 0.6 is 0 Å². The van der Waals surface area contributed by atoms with E-state index < -0.39 is 0 Å². The van der Waals surface area contributed by atoms with E-state index in [0.29, 0.717) is 17.1 Å². The number of rotatable bonds is 4. The van der Waals surface area contributed by atoms with Gasteiger partial charge in [0.15, 0.2) is 5.82 Å². The number of carbonyl (C=O) groups is 1. The molecule has 0 saturated heterocycles. The fraction of sp³-hybridized carbons (Fsp3) is 0.300. The molecule has 26 heavy (non-hydrogen) atoms. The summed E-state index contributed by atoms with van der Waals surface area (Å²) in [7, 11) is 1.87. The lowest BCUT2D eigenvalue weighted by molar-refractivity contribution is 0.0735. The second-order valence-electron chi connectivity index (χ2n) is 6.71. The van der Waals surface area contributed by atoms with E-state index in [1.165, 1.54) is 25.0 Å². The van der Waals surface area contributed by atoms with E-state index in [1.54, 1.807) is 23.0 Å². The molecule has 0 spiro atoms. The molecule has 6 heteroatoms. The zero-order valence-corrected chi connectivity index (χ0v) is 14.7. The zero-order valence-electron chi connectivity index (χ0n) is 14.7. The summed E-state index contributed by atoms with van der Waals surface area (Å²) >= 11 is 0. The first kappa shape index (κ1) is 16.6. The molecule has 0 aliphatic heterocycles. The van der Waals surface area contributed by atoms with Crippen molar-refractivity contribution < 1.29 is 9.18 Å². The van der Waals surface area contributed by atoms with Gasteiger partial charge in [-0.25, -0.2) is 9.07 Å². The van der Waals surface area contributed by atoms with E-state index in [-0.39, 0.29) is 17.8 Å². The summed E-state index contributed by atoms with van der Waals surface area (Å²) in [5, 5.41) is 4.43. The van der Waals surface area contributed by atoms with Crippen LogP contribution in [0.15, 0.2) is 55.0 Å². The van der Waals surface area contributed by atoms with Crippen molar-refractivity contribution in [3.8, 4) is 11.5 Å². The molecule has 0 bridgehead atoms. The highest BCUT2D eigenvalue weighted by Crippen LogP contribution is 2.26. The van der Waals surface area contributed by atoms with Gasteiger partial charge in [0.25, 0.3) is 5.91 Å². The lowest BCUT2D eigenvalue weighted by Gasteiger charge is -2.24. The molecule has 0 unspecified atom stereocenters. The average molecular weight is 352 g/mol. The second-order valence-corrected chi connectivity index (χ2v) is 6.71. The Morgan fingerprint density at radius 1 is 1.15 bits per heavy atom. The highest BCUT2D eigenvalue weighted by Gasteiger charge is 2.28. The number of nitrogens with zero attached hydrogens (tertiary/aromatic N) is 4. The molecule has 1 amide bonds. The van der Waals surface area contributed by atoms with Gasteiger partial charge in [-0.15, -0.1) is 0 Å². The van der Waals surface area contributed by atoms with E-state index in [1.807, 2.05) is 41.0 Å². The minimum absolute atomic E-state index is 0.0334. The van der Waals surface area contributed by atoms with Gasteiger partial charge in [0.05, 0.1) is 11.9 Å². The van der Waals surface area contributed by atoms with Gasteiger partial charge in [-0.3, -0.25) is 4.79 Å². The second kappa shape index (κ2) is 6.78. The monoisotopic (exact) mass is 352 g/mol. The normalized spacial score (nSPS) is 14.7. The third-order valence-electron chi connectivity index (χ3n) is 5.09. The van der Waals surface area contributed by atoms with Gasteiger partial charge in [-0.2, -0.15) is 5.10 Å². The quantitative estimate of drug-likeness (QED) is 0.716. The van der Waals surface area contributed by atoms with Crippen LogP contribution in [-0.4, -0.2) is 38.2 Å². The van der Waals surface area contributed by atoms with Crippen LogP contribution in [0.3, 0.4) is 0 Å². The van der Waals surface area contributed by atoms with Crippen molar-refractivity contribution in [1.82, 2.24) is 19.2 Å². The van der Waals surface area contributed by atoms with Gasteiger partial charge in [-0.1, -0.05) is 12.8 Å². The van der Waals surface area contributed by atoms with Gasteiger partial charge >= 0.3 is 0 Å². The molecule has 1 aromatic carbocycles. The highest BCUT2D eigenvalue weighted by atomic mass is 19.1. The van der Waals surface area contributed by atoms with Crippen molar-refractivity contribution in [3.63, 3.8) is 0 Å². The van der Waals surface area contributed by atoms with Gasteiger partial charge in [0.1, 0.15) is 11.4 Å². The van der Waals surface area contributed by atoms with Crippen LogP contribution < -0.4 is 0 Å². The van der Waals surface area contributed by atoms with Crippen molar-refractivity contribution in [3.05, 3.63) is 66.4 Å². The predicted octanol–water partition coefficient (Wildman–Crippen LogP) is 3.82. The molecule has 1 aliphatic carbocycles. The Balaban J connectivity index is 1.77. The standard InChI is InChI=1S/C20H21FN4O/c1-23(16-6-2-3-7-16)20(26)18-14-22-25(17-10-8-15(21)9-11-17)19(18)24-12-4-5-13-24/h4-5,8-14,16H,2-3,6-7H2,1H3. The molecule has 0 radical (unpaired) electrons. The molecule has 2 heterocycles. The van der Waals surface area contributed by atoms with E-state index in [2.05, 4.69) is 5.10 Å². The number of hydrogen-bond donors (Lipinski definition) is 0. The number of carbonyl (C=O) groups excluding carboxylic acids is 1. The molecule has 1 saturated carbocycles. The molecule has 134 valence electrons. The summed E-state index contributed by atoms with van der Waals surface area (Å²) in [6.45, 7) is 0. The van der Waals surface area contributed by atoms with Crippen molar-refractivity contribution in [2.75, 3.05) is 7.05 Å². The summed E-state index contributed by atoms with van der Waals surface area (Å²) in [6.07, 6.45) is 9.79. The Kier molecular flexibility index (Phi) is 4.32. The van der Waals surface area contributed by atoms with Crippen molar-refractivity contribution in [1.29, 1.82) is 0 Å². The SMILES string of the molecule is CN(C(=O)c1cnn(-c2ccc(F)cc2)c1-n1cccc1)C1CCCC1. The predicted molar refractivity (Wildman–Crippen MR) is 97.2 cm³/mol. The van der Waals surface area contributed by atoms with Crippen LogP contribution in [0.4, 0.5) is 4.39 Å². The summed E-state index contributed by atoms with van der Waals surface area (Å²) < 4.78 is 16.8. The Morgan fingerprint density at radius 2 is 1.81 bits per heavy atom. The summed E-state index contributed by atoms with van der Waals surface area (Å²) in [4.78, 5) is 15.0. The van der Waals surface area contributed by atoms with Gasteiger partial charge < -0.3 is 9.47 Å². The van der Waals surface area contributed by atoms with Crippen LogP contribution in [0, 0.1) is 5.82 Å². The molecule has 5 nitrogen and oxygen atoms in total. The van der Waals surface area contributed by atoms with E-state index in [9.17, 15) is 9.18 Å². The van der Waals surface area contributed by atoms with Gasteiger partial charge in [0, 0.05) is 25.5 Å². The Morgan fingerprint density at radius 3 is 2.46 bits per heavy atom. The lowest BCUT2D eigenvalue weighted by atomic mass is 10.2. The number of hydrogen-bond acceptors (Lipinski definition) is 2. The molecule has 4 rings (SSSR count). The summed E-state index contributed by atoms with van der Waals surface area (Å²) in [5.41, 5.74) is 1.25. The lowest BCUT2D eigenvalue weighted by Crippen LogP contribution is -2.35. The Bertz CT molecular complexity index is 893. The van der Waals surface area contributed by atoms with E-state index in [0.717, 1.165) is 12.8 Å². The third kappa shape index (κ3) is 2.92. The van der Waals surface area contributed by atoms with Crippen molar-refractivity contribution >= 4 is 5.91 Å². The summed E-state index contributed by atoms with van der Waals surface area (Å²) in [6, 6.07) is 10.2. The van der Waals surface area contributed by atoms with Crippen LogP contribution in [0.25, 0.3) is 11.5 Å². The minimum atomic E-state index is -0.305. The van der Waals surface area contributed by atoms with Crippen LogP contribution in [0.1, 0.15) is 36.0 Å². The summed E-state index contributed by atoms with van der Waals surface area (Å²) in [5.74, 6) is 0.325. The average Bonchev–Trinajstić information content (AvgIpc) is 3.41. The first-order chi connectivity index (χ1) is 12.6. The molecular formula is C20H21FN4O. The fourth-order valence-corrected chi connectivity index (χ4v) is 3.64. The maximum Gasteiger partial charge on any atom is 0.259 e. The molecule has 1 aliphatic rings. The molecular weight excluding hydrogens is 331 g/mol. The first-order valence-electron chi connectivity index (χ1n) is 8.89. The maximum absolute atomic E-state index is 13.3. The molecule has 2 aromatic heterocycles. The minimum Gasteiger partial charge on any atom is -0.339 e. The van der Waals surface area contributed by atoms with Crippen LogP contribution in [0.2, 0.25) is 0 Å². The third-order valence-corrected chi connectivity index (χ3v) is 5.09. The van der Waals surface area contributed by atoms with E-state index in [4.69, 9.17) is 0 Å². The van der Waals surface area contributed by atoms with Gasteiger partial charge in [0.2, 0.25) is 0 Å². The number of halogens is 1. The fourth-order valence-electron chi connectivity index (χ4n) is 3.64. The topological polar surface area (TPSA) is 43.1 Å². The Labute approximate surface area is 151 Å². The van der Waals surface area contributed by atoms with E-state index >= 15 is 0 Å². The molecule has 0 N–H and O–H groups in total. The smallest absolute Gasteiger partial charge is 0.259 e. The van der Waals surface area contributed by atoms with Crippen molar-refractivity contribution in [2.24, 2.45) is 0 Å². The van der Waals surface area contributed by atoms with Crippen LogP contribution in [-0.2, 0) is 0 Å². The number of benzene rings is 1. The maximum atomic E-state index is 13.3.